The van der Waals surface area contributed by atoms with E-state index in [1.54, 1.807) is 0 Å². The Morgan fingerprint density at radius 2 is 1.10 bits per heavy atom. The summed E-state index contributed by atoms with van der Waals surface area (Å²) < 4.78 is 0. The van der Waals surface area contributed by atoms with Crippen LogP contribution in [0.2, 0.25) is 0 Å². The smallest absolute Gasteiger partial charge is 0.154 e. The summed E-state index contributed by atoms with van der Waals surface area (Å²) in [5, 5.41) is 19.4. The van der Waals surface area contributed by atoms with Crippen molar-refractivity contribution in [2.75, 3.05) is 0 Å². The molecule has 2 atom stereocenters. The SMILES string of the molecule is CCCCC(CC)CC(CC(CC)CCCC)C(O)O. The van der Waals surface area contributed by atoms with Crippen molar-refractivity contribution in [3.05, 3.63) is 0 Å². The summed E-state index contributed by atoms with van der Waals surface area (Å²) in [6.45, 7) is 8.91. The number of aliphatic hydroxyl groups excluding tert-OH is 1. The minimum atomic E-state index is -1.14. The molecule has 0 aliphatic heterocycles. The highest BCUT2D eigenvalue weighted by atomic mass is 16.5. The number of rotatable bonds is 13. The third-order valence-corrected chi connectivity index (χ3v) is 4.78. The molecule has 0 bridgehead atoms. The fourth-order valence-corrected chi connectivity index (χ4v) is 3.16. The molecule has 0 rings (SSSR count). The number of unbranched alkanes of at least 4 members (excludes halogenated alkanes) is 2. The van der Waals surface area contributed by atoms with Crippen LogP contribution < -0.4 is 0 Å². The van der Waals surface area contributed by atoms with Gasteiger partial charge in [-0.15, -0.1) is 0 Å². The minimum absolute atomic E-state index is 0.0682. The van der Waals surface area contributed by atoms with Gasteiger partial charge in [0.15, 0.2) is 6.29 Å². The molecular formula is C18H38O2. The first kappa shape index (κ1) is 19.9. The van der Waals surface area contributed by atoms with Gasteiger partial charge in [0.25, 0.3) is 0 Å². The summed E-state index contributed by atoms with van der Waals surface area (Å²) in [5.41, 5.74) is 0. The Morgan fingerprint density at radius 1 is 0.700 bits per heavy atom. The van der Waals surface area contributed by atoms with Crippen molar-refractivity contribution in [3.63, 3.8) is 0 Å². The van der Waals surface area contributed by atoms with E-state index in [1.807, 2.05) is 0 Å². The van der Waals surface area contributed by atoms with Crippen molar-refractivity contribution in [2.45, 2.75) is 98.2 Å². The monoisotopic (exact) mass is 286 g/mol. The highest BCUT2D eigenvalue weighted by Gasteiger charge is 2.23. The molecule has 0 aromatic carbocycles. The molecule has 0 aromatic heterocycles. The van der Waals surface area contributed by atoms with Crippen LogP contribution in [0, 0.1) is 17.8 Å². The lowest BCUT2D eigenvalue weighted by atomic mass is 9.81. The van der Waals surface area contributed by atoms with Gasteiger partial charge in [0.2, 0.25) is 0 Å². The van der Waals surface area contributed by atoms with Crippen molar-refractivity contribution in [3.8, 4) is 0 Å². The lowest BCUT2D eigenvalue weighted by Gasteiger charge is -2.27. The molecule has 0 spiro atoms. The zero-order chi connectivity index (χ0) is 15.4. The number of hydrogen-bond acceptors (Lipinski definition) is 2. The highest BCUT2D eigenvalue weighted by molar-refractivity contribution is 4.71. The van der Waals surface area contributed by atoms with E-state index >= 15 is 0 Å². The number of hydrogen-bond donors (Lipinski definition) is 2. The van der Waals surface area contributed by atoms with Gasteiger partial charge < -0.3 is 10.2 Å². The molecule has 0 aliphatic carbocycles. The van der Waals surface area contributed by atoms with E-state index in [0.29, 0.717) is 11.8 Å². The summed E-state index contributed by atoms with van der Waals surface area (Å²) in [4.78, 5) is 0. The Balaban J connectivity index is 4.37. The van der Waals surface area contributed by atoms with Gasteiger partial charge in [-0.05, 0) is 24.7 Å². The maximum atomic E-state index is 9.71. The van der Waals surface area contributed by atoms with Gasteiger partial charge in [0, 0.05) is 5.92 Å². The van der Waals surface area contributed by atoms with Gasteiger partial charge in [-0.2, -0.15) is 0 Å². The van der Waals surface area contributed by atoms with Gasteiger partial charge >= 0.3 is 0 Å². The molecule has 0 aromatic rings. The first-order chi connectivity index (χ1) is 9.58. The topological polar surface area (TPSA) is 40.5 Å². The van der Waals surface area contributed by atoms with E-state index in [4.69, 9.17) is 0 Å². The molecule has 0 saturated heterocycles. The molecule has 0 saturated carbocycles. The molecule has 2 nitrogen and oxygen atoms in total. The van der Waals surface area contributed by atoms with Crippen LogP contribution in [-0.2, 0) is 0 Å². The van der Waals surface area contributed by atoms with Gasteiger partial charge in [-0.1, -0.05) is 79.1 Å². The molecule has 20 heavy (non-hydrogen) atoms. The molecule has 2 heteroatoms. The Labute approximate surface area is 127 Å². The molecule has 2 N–H and O–H groups in total. The molecular weight excluding hydrogens is 248 g/mol. The van der Waals surface area contributed by atoms with Crippen LogP contribution >= 0.6 is 0 Å². The van der Waals surface area contributed by atoms with Crippen LogP contribution in [0.3, 0.4) is 0 Å². The maximum Gasteiger partial charge on any atom is 0.154 e. The third-order valence-electron chi connectivity index (χ3n) is 4.78. The second-order valence-electron chi connectivity index (χ2n) is 6.48. The van der Waals surface area contributed by atoms with Crippen molar-refractivity contribution < 1.29 is 10.2 Å². The number of aliphatic hydroxyl groups is 2. The van der Waals surface area contributed by atoms with Crippen LogP contribution in [0.15, 0.2) is 0 Å². The van der Waals surface area contributed by atoms with Crippen LogP contribution in [-0.4, -0.2) is 16.5 Å². The van der Waals surface area contributed by atoms with Crippen LogP contribution in [0.4, 0.5) is 0 Å². The zero-order valence-electron chi connectivity index (χ0n) is 14.3. The molecule has 0 radical (unpaired) electrons. The highest BCUT2D eigenvalue weighted by Crippen LogP contribution is 2.30. The summed E-state index contributed by atoms with van der Waals surface area (Å²) >= 11 is 0. The van der Waals surface area contributed by atoms with E-state index in [2.05, 4.69) is 27.7 Å². The predicted octanol–water partition coefficient (Wildman–Crippen LogP) is 5.13. The van der Waals surface area contributed by atoms with E-state index < -0.39 is 6.29 Å². The van der Waals surface area contributed by atoms with Gasteiger partial charge in [-0.3, -0.25) is 0 Å². The lowest BCUT2D eigenvalue weighted by Crippen LogP contribution is -2.25. The third kappa shape index (κ3) is 8.97. The van der Waals surface area contributed by atoms with E-state index in [-0.39, 0.29) is 5.92 Å². The lowest BCUT2D eigenvalue weighted by molar-refractivity contribution is -0.0964. The Morgan fingerprint density at radius 3 is 1.35 bits per heavy atom. The van der Waals surface area contributed by atoms with Crippen molar-refractivity contribution in [2.24, 2.45) is 17.8 Å². The van der Waals surface area contributed by atoms with Gasteiger partial charge in [0.1, 0.15) is 0 Å². The second kappa shape index (κ2) is 12.6. The quantitative estimate of drug-likeness (QED) is 0.461. The largest absolute Gasteiger partial charge is 0.368 e. The minimum Gasteiger partial charge on any atom is -0.368 e. The molecule has 2 unspecified atom stereocenters. The Bertz CT molecular complexity index is 186. The summed E-state index contributed by atoms with van der Waals surface area (Å²) in [5.74, 6) is 1.38. The van der Waals surface area contributed by atoms with E-state index in [0.717, 1.165) is 25.7 Å². The van der Waals surface area contributed by atoms with Crippen LogP contribution in [0.5, 0.6) is 0 Å². The predicted molar refractivity (Wildman–Crippen MR) is 87.6 cm³/mol. The average Bonchev–Trinajstić information content (AvgIpc) is 2.45. The first-order valence-electron chi connectivity index (χ1n) is 8.94. The summed E-state index contributed by atoms with van der Waals surface area (Å²) in [7, 11) is 0. The summed E-state index contributed by atoms with van der Waals surface area (Å²) in [6.07, 6.45) is 10.6. The molecule has 0 heterocycles. The van der Waals surface area contributed by atoms with Crippen LogP contribution in [0.25, 0.3) is 0 Å². The van der Waals surface area contributed by atoms with Crippen LogP contribution in [0.1, 0.15) is 91.9 Å². The fraction of sp³-hybridized carbons (Fsp3) is 1.00. The summed E-state index contributed by atoms with van der Waals surface area (Å²) in [6, 6.07) is 0. The molecule has 0 aliphatic rings. The normalized spacial score (nSPS) is 16.4. The molecule has 122 valence electrons. The van der Waals surface area contributed by atoms with Gasteiger partial charge in [-0.25, -0.2) is 0 Å². The van der Waals surface area contributed by atoms with E-state index in [9.17, 15) is 10.2 Å². The maximum absolute atomic E-state index is 9.71. The second-order valence-corrected chi connectivity index (χ2v) is 6.48. The van der Waals surface area contributed by atoms with Crippen molar-refractivity contribution in [1.29, 1.82) is 0 Å². The molecule has 0 fully saturated rings. The van der Waals surface area contributed by atoms with E-state index in [1.165, 1.54) is 38.5 Å². The Hall–Kier alpha value is -0.0800. The van der Waals surface area contributed by atoms with Gasteiger partial charge in [0.05, 0.1) is 0 Å². The molecule has 0 amide bonds. The zero-order valence-corrected chi connectivity index (χ0v) is 14.3. The first-order valence-corrected chi connectivity index (χ1v) is 8.94. The average molecular weight is 286 g/mol. The van der Waals surface area contributed by atoms with Crippen molar-refractivity contribution in [1.82, 2.24) is 0 Å². The van der Waals surface area contributed by atoms with Crippen molar-refractivity contribution >= 4 is 0 Å². The fourth-order valence-electron chi connectivity index (χ4n) is 3.16. The Kier molecular flexibility index (Phi) is 12.6. The standard InChI is InChI=1S/C18H38O2/c1-5-9-11-15(7-3)13-17(18(19)20)14-16(8-4)12-10-6-2/h15-20H,5-14H2,1-4H3.